The van der Waals surface area contributed by atoms with Gasteiger partial charge in [0.25, 0.3) is 5.69 Å². The van der Waals surface area contributed by atoms with E-state index in [1.807, 2.05) is 12.1 Å². The molecule has 0 radical (unpaired) electrons. The van der Waals surface area contributed by atoms with E-state index in [1.165, 1.54) is 0 Å². The SMILES string of the molecule is CCN(CCc1ccccc1[N+](=O)[O-])C1CCC(N)CC1. The Kier molecular flexibility index (Phi) is 5.70. The Morgan fingerprint density at radius 3 is 2.57 bits per heavy atom. The zero-order valence-electron chi connectivity index (χ0n) is 12.7. The Morgan fingerprint density at radius 1 is 1.29 bits per heavy atom. The Balaban J connectivity index is 1.96. The number of nitro groups is 1. The molecule has 0 saturated heterocycles. The molecule has 0 atom stereocenters. The van der Waals surface area contributed by atoms with E-state index in [-0.39, 0.29) is 10.6 Å². The molecule has 1 saturated carbocycles. The second-order valence-electron chi connectivity index (χ2n) is 5.83. The zero-order chi connectivity index (χ0) is 15.2. The summed E-state index contributed by atoms with van der Waals surface area (Å²) >= 11 is 0. The lowest BCUT2D eigenvalue weighted by atomic mass is 9.90. The highest BCUT2D eigenvalue weighted by molar-refractivity contribution is 5.39. The first kappa shape index (κ1) is 15.9. The smallest absolute Gasteiger partial charge is 0.272 e. The first-order valence-electron chi connectivity index (χ1n) is 7.83. The third-order valence-corrected chi connectivity index (χ3v) is 4.52. The van der Waals surface area contributed by atoms with Gasteiger partial charge in [-0.25, -0.2) is 0 Å². The molecule has 2 rings (SSSR count). The quantitative estimate of drug-likeness (QED) is 0.646. The Bertz CT molecular complexity index is 470. The van der Waals surface area contributed by atoms with E-state index >= 15 is 0 Å². The van der Waals surface area contributed by atoms with Crippen molar-refractivity contribution in [1.82, 2.24) is 4.90 Å². The van der Waals surface area contributed by atoms with Gasteiger partial charge in [0.15, 0.2) is 0 Å². The number of nitrogens with zero attached hydrogens (tertiary/aromatic N) is 2. The zero-order valence-corrected chi connectivity index (χ0v) is 12.7. The molecule has 2 N–H and O–H groups in total. The number of likely N-dealkylation sites (N-methyl/N-ethyl adjacent to an activating group) is 1. The molecular weight excluding hydrogens is 266 g/mol. The summed E-state index contributed by atoms with van der Waals surface area (Å²) in [6.45, 7) is 4.02. The van der Waals surface area contributed by atoms with Crippen LogP contribution in [0.3, 0.4) is 0 Å². The van der Waals surface area contributed by atoms with Gasteiger partial charge in [-0.1, -0.05) is 25.1 Å². The van der Waals surface area contributed by atoms with Crippen LogP contribution in [0.15, 0.2) is 24.3 Å². The van der Waals surface area contributed by atoms with Gasteiger partial charge >= 0.3 is 0 Å². The lowest BCUT2D eigenvalue weighted by molar-refractivity contribution is -0.385. The van der Waals surface area contributed by atoms with E-state index in [4.69, 9.17) is 5.73 Å². The normalized spacial score (nSPS) is 22.4. The minimum Gasteiger partial charge on any atom is -0.328 e. The van der Waals surface area contributed by atoms with Gasteiger partial charge in [-0.3, -0.25) is 10.1 Å². The molecule has 21 heavy (non-hydrogen) atoms. The number of rotatable bonds is 6. The molecule has 0 heterocycles. The van der Waals surface area contributed by atoms with Crippen molar-refractivity contribution in [1.29, 1.82) is 0 Å². The molecule has 0 amide bonds. The van der Waals surface area contributed by atoms with Crippen molar-refractivity contribution in [2.75, 3.05) is 13.1 Å². The van der Waals surface area contributed by atoms with Crippen molar-refractivity contribution in [3.8, 4) is 0 Å². The standard InChI is InChI=1S/C16H25N3O2/c1-2-18(15-9-7-14(17)8-10-15)12-11-13-5-3-4-6-16(13)19(20)21/h3-6,14-15H,2,7-12,17H2,1H3. The maximum absolute atomic E-state index is 11.1. The van der Waals surface area contributed by atoms with Crippen molar-refractivity contribution >= 4 is 5.69 Å². The van der Waals surface area contributed by atoms with Crippen molar-refractivity contribution in [3.05, 3.63) is 39.9 Å². The van der Waals surface area contributed by atoms with Crippen LogP contribution in [0.2, 0.25) is 0 Å². The number of nitro benzene ring substituents is 1. The van der Waals surface area contributed by atoms with E-state index in [0.29, 0.717) is 12.1 Å². The molecule has 1 aromatic rings. The Morgan fingerprint density at radius 2 is 1.95 bits per heavy atom. The summed E-state index contributed by atoms with van der Waals surface area (Å²) in [4.78, 5) is 13.2. The molecule has 0 aromatic heterocycles. The van der Waals surface area contributed by atoms with Crippen LogP contribution in [0.25, 0.3) is 0 Å². The number of hydrogen-bond donors (Lipinski definition) is 1. The number of hydrogen-bond acceptors (Lipinski definition) is 4. The van der Waals surface area contributed by atoms with Gasteiger partial charge in [0.05, 0.1) is 4.92 Å². The van der Waals surface area contributed by atoms with Crippen LogP contribution in [0.1, 0.15) is 38.2 Å². The minimum atomic E-state index is -0.286. The van der Waals surface area contributed by atoms with E-state index in [1.54, 1.807) is 12.1 Å². The molecule has 0 unspecified atom stereocenters. The number of para-hydroxylation sites is 1. The molecule has 0 aliphatic heterocycles. The second kappa shape index (κ2) is 7.52. The summed E-state index contributed by atoms with van der Waals surface area (Å²) in [5.41, 5.74) is 7.03. The van der Waals surface area contributed by atoms with E-state index in [9.17, 15) is 10.1 Å². The van der Waals surface area contributed by atoms with Gasteiger partial charge in [-0.05, 0) is 38.6 Å². The van der Waals surface area contributed by atoms with E-state index < -0.39 is 0 Å². The molecule has 0 bridgehead atoms. The van der Waals surface area contributed by atoms with Crippen molar-refractivity contribution in [2.24, 2.45) is 5.73 Å². The third kappa shape index (κ3) is 4.25. The molecule has 5 heteroatoms. The highest BCUT2D eigenvalue weighted by Crippen LogP contribution is 2.23. The van der Waals surface area contributed by atoms with Crippen molar-refractivity contribution in [3.63, 3.8) is 0 Å². The topological polar surface area (TPSA) is 72.4 Å². The van der Waals surface area contributed by atoms with Crippen LogP contribution >= 0.6 is 0 Å². The second-order valence-corrected chi connectivity index (χ2v) is 5.83. The fourth-order valence-corrected chi connectivity index (χ4v) is 3.23. The van der Waals surface area contributed by atoms with Crippen molar-refractivity contribution < 1.29 is 4.92 Å². The van der Waals surface area contributed by atoms with Crippen LogP contribution in [0.5, 0.6) is 0 Å². The first-order valence-corrected chi connectivity index (χ1v) is 7.83. The van der Waals surface area contributed by atoms with Crippen LogP contribution in [0.4, 0.5) is 5.69 Å². The van der Waals surface area contributed by atoms with Crippen LogP contribution in [-0.4, -0.2) is 35.0 Å². The fraction of sp³-hybridized carbons (Fsp3) is 0.625. The van der Waals surface area contributed by atoms with Gasteiger partial charge < -0.3 is 10.6 Å². The number of benzene rings is 1. The van der Waals surface area contributed by atoms with Gasteiger partial charge in [-0.2, -0.15) is 0 Å². The van der Waals surface area contributed by atoms with Crippen molar-refractivity contribution in [2.45, 2.75) is 51.1 Å². The molecule has 5 nitrogen and oxygen atoms in total. The van der Waals surface area contributed by atoms with Gasteiger partial charge in [0.1, 0.15) is 0 Å². The first-order chi connectivity index (χ1) is 10.1. The van der Waals surface area contributed by atoms with Crippen LogP contribution in [0, 0.1) is 10.1 Å². The molecule has 116 valence electrons. The van der Waals surface area contributed by atoms with Gasteiger partial charge in [0.2, 0.25) is 0 Å². The van der Waals surface area contributed by atoms with E-state index in [0.717, 1.165) is 50.8 Å². The largest absolute Gasteiger partial charge is 0.328 e. The average molecular weight is 291 g/mol. The average Bonchev–Trinajstić information content (AvgIpc) is 2.50. The highest BCUT2D eigenvalue weighted by atomic mass is 16.6. The molecule has 1 aliphatic rings. The maximum atomic E-state index is 11.1. The molecule has 1 aliphatic carbocycles. The lowest BCUT2D eigenvalue weighted by Crippen LogP contribution is -2.41. The highest BCUT2D eigenvalue weighted by Gasteiger charge is 2.23. The molecule has 1 aromatic carbocycles. The lowest BCUT2D eigenvalue weighted by Gasteiger charge is -2.35. The molecule has 1 fully saturated rings. The molecule has 0 spiro atoms. The van der Waals surface area contributed by atoms with Gasteiger partial charge in [0, 0.05) is 30.3 Å². The van der Waals surface area contributed by atoms with Gasteiger partial charge in [-0.15, -0.1) is 0 Å². The van der Waals surface area contributed by atoms with Crippen LogP contribution in [-0.2, 0) is 6.42 Å². The summed E-state index contributed by atoms with van der Waals surface area (Å²) in [7, 11) is 0. The summed E-state index contributed by atoms with van der Waals surface area (Å²) in [5.74, 6) is 0. The fourth-order valence-electron chi connectivity index (χ4n) is 3.23. The Hall–Kier alpha value is -1.46. The Labute approximate surface area is 126 Å². The summed E-state index contributed by atoms with van der Waals surface area (Å²) in [6.07, 6.45) is 5.20. The number of nitrogens with two attached hydrogens (primary N) is 1. The molecular formula is C16H25N3O2. The summed E-state index contributed by atoms with van der Waals surface area (Å²) in [6, 6.07) is 7.99. The van der Waals surface area contributed by atoms with E-state index in [2.05, 4.69) is 11.8 Å². The minimum absolute atomic E-state index is 0.235. The monoisotopic (exact) mass is 291 g/mol. The summed E-state index contributed by atoms with van der Waals surface area (Å²) < 4.78 is 0. The summed E-state index contributed by atoms with van der Waals surface area (Å²) in [5, 5.41) is 11.1. The maximum Gasteiger partial charge on any atom is 0.272 e. The third-order valence-electron chi connectivity index (χ3n) is 4.52. The predicted molar refractivity (Wildman–Crippen MR) is 84.3 cm³/mol. The van der Waals surface area contributed by atoms with Crippen LogP contribution < -0.4 is 5.73 Å². The predicted octanol–water partition coefficient (Wildman–Crippen LogP) is 2.73.